The van der Waals surface area contributed by atoms with Gasteiger partial charge in [0, 0.05) is 12.6 Å². The highest BCUT2D eigenvalue weighted by Crippen LogP contribution is 2.32. The summed E-state index contributed by atoms with van der Waals surface area (Å²) >= 11 is 0. The molecule has 2 aromatic rings. The lowest BCUT2D eigenvalue weighted by Gasteiger charge is -2.49. The molecule has 6 heteroatoms. The van der Waals surface area contributed by atoms with Crippen LogP contribution in [-0.2, 0) is 4.79 Å². The minimum Gasteiger partial charge on any atom is -0.352 e. The first-order valence-corrected chi connectivity index (χ1v) is 7.76. The largest absolute Gasteiger partial charge is 0.352 e. The van der Waals surface area contributed by atoms with E-state index >= 15 is 0 Å². The number of hydrogen-bond acceptors (Lipinski definition) is 4. The average Bonchev–Trinajstić information content (AvgIpc) is 2.51. The summed E-state index contributed by atoms with van der Waals surface area (Å²) in [6.07, 6.45) is 2.13. The Balaban J connectivity index is 1.85. The third kappa shape index (κ3) is 2.65. The Morgan fingerprint density at radius 3 is 2.57 bits per heavy atom. The first-order chi connectivity index (χ1) is 10.9. The average molecular weight is 312 g/mol. The molecule has 1 saturated heterocycles. The second-order valence-electron chi connectivity index (χ2n) is 6.35. The summed E-state index contributed by atoms with van der Waals surface area (Å²) in [6.45, 7) is 6.15. The Morgan fingerprint density at radius 1 is 1.26 bits per heavy atom. The Morgan fingerprint density at radius 2 is 1.96 bits per heavy atom. The number of carbonyl (C=O) groups excluding carboxylic acids is 2. The molecule has 0 spiro atoms. The van der Waals surface area contributed by atoms with Gasteiger partial charge in [0.05, 0.1) is 17.2 Å². The van der Waals surface area contributed by atoms with Crippen molar-refractivity contribution < 1.29 is 9.59 Å². The SMILES string of the molecule is CC(C)NC(=O)C1(C)CCN1C(=O)c1cnc2ccccc2n1. The Hall–Kier alpha value is -2.50. The molecule has 3 rings (SSSR count). The van der Waals surface area contributed by atoms with Crippen LogP contribution in [0.3, 0.4) is 0 Å². The number of carbonyl (C=O) groups is 2. The van der Waals surface area contributed by atoms with Crippen LogP contribution in [0.1, 0.15) is 37.7 Å². The summed E-state index contributed by atoms with van der Waals surface area (Å²) < 4.78 is 0. The van der Waals surface area contributed by atoms with Gasteiger partial charge in [-0.3, -0.25) is 14.6 Å². The summed E-state index contributed by atoms with van der Waals surface area (Å²) in [5, 5.41) is 2.88. The molecule has 1 aliphatic rings. The molecule has 0 saturated carbocycles. The van der Waals surface area contributed by atoms with Gasteiger partial charge in [-0.05, 0) is 39.3 Å². The van der Waals surface area contributed by atoms with Crippen molar-refractivity contribution in [1.82, 2.24) is 20.2 Å². The highest BCUT2D eigenvalue weighted by atomic mass is 16.2. The monoisotopic (exact) mass is 312 g/mol. The summed E-state index contributed by atoms with van der Waals surface area (Å²) in [6, 6.07) is 7.44. The Bertz CT molecular complexity index is 774. The van der Waals surface area contributed by atoms with Gasteiger partial charge >= 0.3 is 0 Å². The first kappa shape index (κ1) is 15.4. The molecule has 0 radical (unpaired) electrons. The molecule has 1 aromatic heterocycles. The minimum atomic E-state index is -0.811. The van der Waals surface area contributed by atoms with Gasteiger partial charge in [-0.1, -0.05) is 12.1 Å². The van der Waals surface area contributed by atoms with E-state index in [1.165, 1.54) is 6.20 Å². The maximum atomic E-state index is 12.7. The number of hydrogen-bond donors (Lipinski definition) is 1. The van der Waals surface area contributed by atoms with E-state index in [0.717, 1.165) is 5.52 Å². The van der Waals surface area contributed by atoms with Crippen LogP contribution in [-0.4, -0.2) is 44.8 Å². The van der Waals surface area contributed by atoms with Crippen molar-refractivity contribution in [2.75, 3.05) is 6.54 Å². The van der Waals surface area contributed by atoms with Crippen LogP contribution in [0.5, 0.6) is 0 Å². The molecule has 0 bridgehead atoms. The van der Waals surface area contributed by atoms with E-state index in [0.29, 0.717) is 18.5 Å². The lowest BCUT2D eigenvalue weighted by atomic mass is 9.85. The Labute approximate surface area is 134 Å². The van der Waals surface area contributed by atoms with Gasteiger partial charge in [0.25, 0.3) is 5.91 Å². The summed E-state index contributed by atoms with van der Waals surface area (Å²) in [7, 11) is 0. The number of amides is 2. The first-order valence-electron chi connectivity index (χ1n) is 7.76. The fourth-order valence-electron chi connectivity index (χ4n) is 2.74. The summed E-state index contributed by atoms with van der Waals surface area (Å²) in [5.41, 5.74) is 0.876. The van der Waals surface area contributed by atoms with Crippen molar-refractivity contribution in [3.05, 3.63) is 36.2 Å². The number of rotatable bonds is 3. The van der Waals surface area contributed by atoms with Crippen molar-refractivity contribution in [2.45, 2.75) is 38.8 Å². The van der Waals surface area contributed by atoms with Crippen molar-refractivity contribution in [3.63, 3.8) is 0 Å². The third-order valence-corrected chi connectivity index (χ3v) is 4.24. The zero-order valence-corrected chi connectivity index (χ0v) is 13.5. The second kappa shape index (κ2) is 5.61. The number of nitrogens with zero attached hydrogens (tertiary/aromatic N) is 3. The zero-order valence-electron chi connectivity index (χ0n) is 13.5. The van der Waals surface area contributed by atoms with E-state index in [1.807, 2.05) is 38.1 Å². The van der Waals surface area contributed by atoms with Crippen molar-refractivity contribution in [3.8, 4) is 0 Å². The van der Waals surface area contributed by atoms with Crippen LogP contribution in [0, 0.1) is 0 Å². The van der Waals surface area contributed by atoms with Crippen LogP contribution >= 0.6 is 0 Å². The van der Waals surface area contributed by atoms with E-state index in [1.54, 1.807) is 11.8 Å². The number of fused-ring (bicyclic) bond motifs is 1. The van der Waals surface area contributed by atoms with E-state index in [-0.39, 0.29) is 23.6 Å². The van der Waals surface area contributed by atoms with Gasteiger partial charge in [-0.2, -0.15) is 0 Å². The van der Waals surface area contributed by atoms with Crippen molar-refractivity contribution >= 4 is 22.8 Å². The fourth-order valence-corrected chi connectivity index (χ4v) is 2.74. The zero-order chi connectivity index (χ0) is 16.6. The van der Waals surface area contributed by atoms with E-state index in [2.05, 4.69) is 15.3 Å². The van der Waals surface area contributed by atoms with Crippen molar-refractivity contribution in [1.29, 1.82) is 0 Å². The van der Waals surface area contributed by atoms with Crippen LogP contribution in [0.15, 0.2) is 30.5 Å². The quantitative estimate of drug-likeness (QED) is 0.937. The van der Waals surface area contributed by atoms with E-state index < -0.39 is 5.54 Å². The lowest BCUT2D eigenvalue weighted by molar-refractivity contribution is -0.138. The summed E-state index contributed by atoms with van der Waals surface area (Å²) in [5.74, 6) is -0.378. The highest BCUT2D eigenvalue weighted by molar-refractivity contribution is 6.00. The van der Waals surface area contributed by atoms with Gasteiger partial charge in [-0.15, -0.1) is 0 Å². The smallest absolute Gasteiger partial charge is 0.274 e. The number of benzene rings is 1. The number of likely N-dealkylation sites (tertiary alicyclic amines) is 1. The number of aromatic nitrogens is 2. The maximum Gasteiger partial charge on any atom is 0.274 e. The van der Waals surface area contributed by atoms with Crippen LogP contribution in [0.4, 0.5) is 0 Å². The molecule has 120 valence electrons. The van der Waals surface area contributed by atoms with Gasteiger partial charge in [0.15, 0.2) is 0 Å². The molecule has 1 aromatic carbocycles. The van der Waals surface area contributed by atoms with Crippen molar-refractivity contribution in [2.24, 2.45) is 0 Å². The lowest BCUT2D eigenvalue weighted by Crippen LogP contribution is -2.68. The minimum absolute atomic E-state index is 0.0392. The van der Waals surface area contributed by atoms with Gasteiger partial charge < -0.3 is 10.2 Å². The topological polar surface area (TPSA) is 75.2 Å². The van der Waals surface area contributed by atoms with Gasteiger partial charge in [0.2, 0.25) is 5.91 Å². The molecule has 1 fully saturated rings. The highest BCUT2D eigenvalue weighted by Gasteiger charge is 2.50. The van der Waals surface area contributed by atoms with E-state index in [9.17, 15) is 9.59 Å². The Kier molecular flexibility index (Phi) is 3.75. The molecule has 6 nitrogen and oxygen atoms in total. The van der Waals surface area contributed by atoms with Crippen LogP contribution in [0.25, 0.3) is 11.0 Å². The molecule has 2 heterocycles. The summed E-state index contributed by atoms with van der Waals surface area (Å²) in [4.78, 5) is 35.3. The normalized spacial score (nSPS) is 20.4. The fraction of sp³-hybridized carbons (Fsp3) is 0.412. The molecule has 0 aliphatic carbocycles. The van der Waals surface area contributed by atoms with Gasteiger partial charge in [-0.25, -0.2) is 4.98 Å². The predicted molar refractivity (Wildman–Crippen MR) is 86.9 cm³/mol. The molecule has 23 heavy (non-hydrogen) atoms. The molecule has 1 unspecified atom stereocenters. The molecule has 1 aliphatic heterocycles. The maximum absolute atomic E-state index is 12.7. The standard InChI is InChI=1S/C17H20N4O2/c1-11(2)19-16(23)17(3)8-9-21(17)15(22)14-10-18-12-6-4-5-7-13(12)20-14/h4-7,10-11H,8-9H2,1-3H3,(H,19,23). The molecule has 2 amide bonds. The molecular formula is C17H20N4O2. The number of nitrogens with one attached hydrogen (secondary N) is 1. The predicted octanol–water partition coefficient (Wildman–Crippen LogP) is 1.76. The van der Waals surface area contributed by atoms with Gasteiger partial charge in [0.1, 0.15) is 11.2 Å². The molecule has 1 N–H and O–H groups in total. The van der Waals surface area contributed by atoms with Crippen LogP contribution in [0.2, 0.25) is 0 Å². The third-order valence-electron chi connectivity index (χ3n) is 4.24. The van der Waals surface area contributed by atoms with Crippen LogP contribution < -0.4 is 5.32 Å². The molecule has 1 atom stereocenters. The molecular weight excluding hydrogens is 292 g/mol. The second-order valence-corrected chi connectivity index (χ2v) is 6.35. The number of para-hydroxylation sites is 2. The van der Waals surface area contributed by atoms with E-state index in [4.69, 9.17) is 0 Å².